The number of primary amides is 1. The van der Waals surface area contributed by atoms with Crippen molar-refractivity contribution in [3.05, 3.63) is 22.4 Å². The number of ether oxygens (including phenoxy) is 1. The number of esters is 1. The van der Waals surface area contributed by atoms with Gasteiger partial charge in [0.25, 0.3) is 5.91 Å². The maximum absolute atomic E-state index is 12.2. The average molecular weight is 295 g/mol. The van der Waals surface area contributed by atoms with E-state index in [4.69, 9.17) is 10.5 Å². The second kappa shape index (κ2) is 5.20. The predicted octanol–water partition coefficient (Wildman–Crippen LogP) is 2.98. The molecule has 0 radical (unpaired) electrons. The molecule has 1 aromatic heterocycles. The van der Waals surface area contributed by atoms with E-state index in [1.807, 2.05) is 0 Å². The first-order valence-corrected chi connectivity index (χ1v) is 7.69. The van der Waals surface area contributed by atoms with Crippen molar-refractivity contribution in [3.8, 4) is 0 Å². The number of nitrogens with two attached hydrogens (primary N) is 1. The van der Waals surface area contributed by atoms with Gasteiger partial charge in [-0.05, 0) is 35.6 Å². The summed E-state index contributed by atoms with van der Waals surface area (Å²) in [6.07, 6.45) is 1.98. The molecule has 0 spiro atoms. The molecule has 2 atom stereocenters. The lowest BCUT2D eigenvalue weighted by Crippen LogP contribution is -2.54. The molecule has 4 nitrogen and oxygen atoms in total. The smallest absolute Gasteiger partial charge is 0.349 e. The van der Waals surface area contributed by atoms with Crippen LogP contribution >= 0.6 is 11.3 Å². The van der Waals surface area contributed by atoms with Gasteiger partial charge in [-0.3, -0.25) is 4.79 Å². The summed E-state index contributed by atoms with van der Waals surface area (Å²) in [5.74, 6) is -0.701. The summed E-state index contributed by atoms with van der Waals surface area (Å²) >= 11 is 1.30. The minimum Gasteiger partial charge on any atom is -0.445 e. The first kappa shape index (κ1) is 15.0. The van der Waals surface area contributed by atoms with Crippen LogP contribution in [0.2, 0.25) is 0 Å². The van der Waals surface area contributed by atoms with Crippen molar-refractivity contribution in [2.75, 3.05) is 0 Å². The number of amides is 1. The highest BCUT2D eigenvalue weighted by atomic mass is 32.1. The summed E-state index contributed by atoms with van der Waals surface area (Å²) in [6, 6.07) is 3.48. The lowest BCUT2D eigenvalue weighted by molar-refractivity contribution is -0.148. The molecule has 1 aliphatic rings. The SMILES string of the molecule is CC1CC(C)(C)CC(OC(=O)c2cccs2)(C(N)=O)C1. The number of hydrogen-bond donors (Lipinski definition) is 1. The molecule has 1 heterocycles. The van der Waals surface area contributed by atoms with Gasteiger partial charge in [-0.1, -0.05) is 26.8 Å². The zero-order valence-corrected chi connectivity index (χ0v) is 13.0. The van der Waals surface area contributed by atoms with Crippen molar-refractivity contribution in [1.82, 2.24) is 0 Å². The van der Waals surface area contributed by atoms with Crippen LogP contribution in [0.5, 0.6) is 0 Å². The van der Waals surface area contributed by atoms with Crippen molar-refractivity contribution in [2.45, 2.75) is 45.6 Å². The molecule has 0 aliphatic heterocycles. The number of hydrogen-bond acceptors (Lipinski definition) is 4. The van der Waals surface area contributed by atoms with Crippen molar-refractivity contribution in [3.63, 3.8) is 0 Å². The minimum atomic E-state index is -1.18. The van der Waals surface area contributed by atoms with Crippen LogP contribution in [0.3, 0.4) is 0 Å². The standard InChI is InChI=1S/C15H21NO3S/c1-10-7-14(2,3)9-15(8-10,13(16)18)19-12(17)11-5-4-6-20-11/h4-6,10H,7-9H2,1-3H3,(H2,16,18). The summed E-state index contributed by atoms with van der Waals surface area (Å²) in [5.41, 5.74) is 4.33. The van der Waals surface area contributed by atoms with Crippen LogP contribution in [0.4, 0.5) is 0 Å². The molecule has 1 aromatic rings. The Morgan fingerprint density at radius 3 is 2.60 bits per heavy atom. The van der Waals surface area contributed by atoms with E-state index in [2.05, 4.69) is 20.8 Å². The Labute approximate surface area is 123 Å². The second-order valence-electron chi connectivity index (χ2n) is 6.58. The summed E-state index contributed by atoms with van der Waals surface area (Å²) in [7, 11) is 0. The van der Waals surface area contributed by atoms with Gasteiger partial charge in [-0.2, -0.15) is 0 Å². The summed E-state index contributed by atoms with van der Waals surface area (Å²) < 4.78 is 5.59. The van der Waals surface area contributed by atoms with Gasteiger partial charge < -0.3 is 10.5 Å². The number of carbonyl (C=O) groups is 2. The Bertz CT molecular complexity index is 509. The fourth-order valence-corrected chi connectivity index (χ4v) is 4.03. The molecular weight excluding hydrogens is 274 g/mol. The summed E-state index contributed by atoms with van der Waals surface area (Å²) in [4.78, 5) is 24.6. The molecule has 1 aliphatic carbocycles. The zero-order valence-electron chi connectivity index (χ0n) is 12.1. The maximum atomic E-state index is 12.2. The Balaban J connectivity index is 2.26. The van der Waals surface area contributed by atoms with E-state index in [0.717, 1.165) is 6.42 Å². The van der Waals surface area contributed by atoms with Gasteiger partial charge >= 0.3 is 5.97 Å². The second-order valence-corrected chi connectivity index (χ2v) is 7.53. The van der Waals surface area contributed by atoms with Gasteiger partial charge in [-0.25, -0.2) is 4.79 Å². The molecule has 110 valence electrons. The van der Waals surface area contributed by atoms with E-state index in [1.165, 1.54) is 11.3 Å². The van der Waals surface area contributed by atoms with E-state index < -0.39 is 17.5 Å². The third kappa shape index (κ3) is 3.03. The molecule has 2 rings (SSSR count). The average Bonchev–Trinajstić information content (AvgIpc) is 2.78. The quantitative estimate of drug-likeness (QED) is 0.872. The summed E-state index contributed by atoms with van der Waals surface area (Å²) in [5, 5.41) is 1.81. The lowest BCUT2D eigenvalue weighted by Gasteiger charge is -2.44. The van der Waals surface area contributed by atoms with E-state index in [-0.39, 0.29) is 5.41 Å². The molecule has 2 unspecified atom stereocenters. The van der Waals surface area contributed by atoms with Crippen LogP contribution < -0.4 is 5.73 Å². The Kier molecular flexibility index (Phi) is 3.91. The van der Waals surface area contributed by atoms with E-state index in [1.54, 1.807) is 17.5 Å². The largest absolute Gasteiger partial charge is 0.445 e. The van der Waals surface area contributed by atoms with Gasteiger partial charge in [-0.15, -0.1) is 11.3 Å². The predicted molar refractivity (Wildman–Crippen MR) is 78.5 cm³/mol. The number of carbonyl (C=O) groups excluding carboxylic acids is 2. The Morgan fingerprint density at radius 1 is 1.40 bits per heavy atom. The van der Waals surface area contributed by atoms with Crippen molar-refractivity contribution in [2.24, 2.45) is 17.1 Å². The molecule has 1 amide bonds. The minimum absolute atomic E-state index is 0.0670. The molecule has 0 aromatic carbocycles. The van der Waals surface area contributed by atoms with E-state index >= 15 is 0 Å². The van der Waals surface area contributed by atoms with Crippen LogP contribution in [-0.4, -0.2) is 17.5 Å². The molecule has 1 saturated carbocycles. The van der Waals surface area contributed by atoms with E-state index in [9.17, 15) is 9.59 Å². The molecule has 1 fully saturated rings. The van der Waals surface area contributed by atoms with Crippen molar-refractivity contribution >= 4 is 23.2 Å². The Morgan fingerprint density at radius 2 is 2.10 bits per heavy atom. The highest BCUT2D eigenvalue weighted by molar-refractivity contribution is 7.11. The van der Waals surface area contributed by atoms with Gasteiger partial charge in [0.1, 0.15) is 4.88 Å². The van der Waals surface area contributed by atoms with Crippen molar-refractivity contribution in [1.29, 1.82) is 0 Å². The van der Waals surface area contributed by atoms with Crippen LogP contribution in [0.15, 0.2) is 17.5 Å². The topological polar surface area (TPSA) is 69.4 Å². The zero-order chi connectivity index (χ0) is 15.0. The third-order valence-corrected chi connectivity index (χ3v) is 4.65. The normalized spacial score (nSPS) is 28.9. The first-order valence-electron chi connectivity index (χ1n) is 6.81. The highest BCUT2D eigenvalue weighted by Crippen LogP contribution is 2.46. The van der Waals surface area contributed by atoms with Crippen LogP contribution in [0.25, 0.3) is 0 Å². The lowest BCUT2D eigenvalue weighted by atomic mass is 9.65. The van der Waals surface area contributed by atoms with Crippen LogP contribution in [0, 0.1) is 11.3 Å². The Hall–Kier alpha value is -1.36. The molecular formula is C15H21NO3S. The van der Waals surface area contributed by atoms with Gasteiger partial charge in [0, 0.05) is 6.42 Å². The van der Waals surface area contributed by atoms with Gasteiger partial charge in [0.05, 0.1) is 0 Å². The number of rotatable bonds is 3. The molecule has 2 N–H and O–H groups in total. The fourth-order valence-electron chi connectivity index (χ4n) is 3.43. The van der Waals surface area contributed by atoms with Crippen molar-refractivity contribution < 1.29 is 14.3 Å². The third-order valence-electron chi connectivity index (χ3n) is 3.80. The fraction of sp³-hybridized carbons (Fsp3) is 0.600. The molecule has 5 heteroatoms. The monoisotopic (exact) mass is 295 g/mol. The van der Waals surface area contributed by atoms with Gasteiger partial charge in [0.15, 0.2) is 5.60 Å². The first-order chi connectivity index (χ1) is 9.24. The van der Waals surface area contributed by atoms with E-state index in [0.29, 0.717) is 23.6 Å². The molecule has 0 bridgehead atoms. The summed E-state index contributed by atoms with van der Waals surface area (Å²) in [6.45, 7) is 6.23. The maximum Gasteiger partial charge on any atom is 0.349 e. The van der Waals surface area contributed by atoms with Crippen LogP contribution in [0.1, 0.15) is 49.7 Å². The van der Waals surface area contributed by atoms with Crippen LogP contribution in [-0.2, 0) is 9.53 Å². The van der Waals surface area contributed by atoms with Gasteiger partial charge in [0.2, 0.25) is 0 Å². The number of thiophene rings is 1. The molecule has 20 heavy (non-hydrogen) atoms. The molecule has 0 saturated heterocycles. The highest BCUT2D eigenvalue weighted by Gasteiger charge is 2.50.